The summed E-state index contributed by atoms with van der Waals surface area (Å²) in [5.41, 5.74) is 0.466. The zero-order chi connectivity index (χ0) is 20.6. The van der Waals surface area contributed by atoms with Crippen LogP contribution in [-0.4, -0.2) is 21.4 Å². The van der Waals surface area contributed by atoms with E-state index in [1.807, 2.05) is 0 Å². The molecule has 0 radical (unpaired) electrons. The molecule has 0 saturated heterocycles. The number of benzene rings is 1. The van der Waals surface area contributed by atoms with Crippen molar-refractivity contribution in [1.82, 2.24) is 0 Å². The molecule has 0 aliphatic rings. The standard InChI is InChI=1S/C24H39ClO3/c1-2-3-4-5-8-11-14-21(25)15-12-9-6-7-10-13-16-22(26)20-17-18-23(27)24(28)19-20/h17-19,21,27-28H,2-16H2,1H3. The highest BCUT2D eigenvalue weighted by Gasteiger charge is 2.09. The molecule has 0 amide bonds. The first-order valence-corrected chi connectivity index (χ1v) is 11.7. The van der Waals surface area contributed by atoms with Gasteiger partial charge in [-0.15, -0.1) is 11.6 Å². The van der Waals surface area contributed by atoms with Gasteiger partial charge in [-0.3, -0.25) is 4.79 Å². The smallest absolute Gasteiger partial charge is 0.163 e. The molecule has 1 rings (SSSR count). The van der Waals surface area contributed by atoms with Gasteiger partial charge < -0.3 is 10.2 Å². The zero-order valence-corrected chi connectivity index (χ0v) is 18.4. The normalized spacial score (nSPS) is 12.2. The molecular weight excluding hydrogens is 372 g/mol. The minimum atomic E-state index is -0.236. The number of carbonyl (C=O) groups excluding carboxylic acids is 1. The number of aromatic hydroxyl groups is 2. The van der Waals surface area contributed by atoms with Crippen LogP contribution in [0.25, 0.3) is 0 Å². The summed E-state index contributed by atoms with van der Waals surface area (Å²) in [6.07, 6.45) is 17.5. The van der Waals surface area contributed by atoms with Gasteiger partial charge in [0.2, 0.25) is 0 Å². The van der Waals surface area contributed by atoms with Gasteiger partial charge in [0, 0.05) is 17.4 Å². The number of phenolic OH excluding ortho intramolecular Hbond substituents is 2. The Bertz CT molecular complexity index is 545. The lowest BCUT2D eigenvalue weighted by Gasteiger charge is -2.09. The molecule has 0 saturated carbocycles. The van der Waals surface area contributed by atoms with Gasteiger partial charge >= 0.3 is 0 Å². The summed E-state index contributed by atoms with van der Waals surface area (Å²) >= 11 is 6.43. The van der Waals surface area contributed by atoms with Gasteiger partial charge in [0.1, 0.15) is 0 Å². The maximum atomic E-state index is 12.1. The fourth-order valence-electron chi connectivity index (χ4n) is 3.49. The molecule has 3 nitrogen and oxygen atoms in total. The van der Waals surface area contributed by atoms with Crippen molar-refractivity contribution in [2.45, 2.75) is 109 Å². The van der Waals surface area contributed by atoms with Gasteiger partial charge in [-0.2, -0.15) is 0 Å². The van der Waals surface area contributed by atoms with E-state index in [9.17, 15) is 15.0 Å². The van der Waals surface area contributed by atoms with Crippen molar-refractivity contribution < 1.29 is 15.0 Å². The van der Waals surface area contributed by atoms with Crippen molar-refractivity contribution >= 4 is 17.4 Å². The van der Waals surface area contributed by atoms with Crippen LogP contribution in [0, 0.1) is 0 Å². The van der Waals surface area contributed by atoms with E-state index in [4.69, 9.17) is 11.6 Å². The van der Waals surface area contributed by atoms with Crippen molar-refractivity contribution in [2.24, 2.45) is 0 Å². The molecule has 1 unspecified atom stereocenters. The van der Waals surface area contributed by atoms with Crippen molar-refractivity contribution in [3.05, 3.63) is 23.8 Å². The average molecular weight is 411 g/mol. The lowest BCUT2D eigenvalue weighted by Crippen LogP contribution is -1.99. The summed E-state index contributed by atoms with van der Waals surface area (Å²) in [7, 11) is 0. The Morgan fingerprint density at radius 2 is 1.36 bits per heavy atom. The second-order valence-corrected chi connectivity index (χ2v) is 8.56. The topological polar surface area (TPSA) is 57.5 Å². The second kappa shape index (κ2) is 15.7. The molecule has 0 aliphatic carbocycles. The summed E-state index contributed by atoms with van der Waals surface area (Å²) in [5.74, 6) is -0.405. The van der Waals surface area contributed by atoms with E-state index in [0.717, 1.165) is 32.1 Å². The van der Waals surface area contributed by atoms with Crippen LogP contribution in [0.3, 0.4) is 0 Å². The third-order valence-corrected chi connectivity index (χ3v) is 5.78. The molecule has 0 aromatic heterocycles. The number of hydrogen-bond donors (Lipinski definition) is 2. The van der Waals surface area contributed by atoms with Gasteiger partial charge in [0.25, 0.3) is 0 Å². The quantitative estimate of drug-likeness (QED) is 0.119. The number of Topliss-reactive ketones (excluding diaryl/α,β-unsaturated/α-hetero) is 1. The van der Waals surface area contributed by atoms with Crippen molar-refractivity contribution in [1.29, 1.82) is 0 Å². The maximum absolute atomic E-state index is 12.1. The van der Waals surface area contributed by atoms with Crippen LogP contribution in [0.15, 0.2) is 18.2 Å². The number of alkyl halides is 1. The van der Waals surface area contributed by atoms with E-state index in [0.29, 0.717) is 17.4 Å². The molecule has 0 aliphatic heterocycles. The lowest BCUT2D eigenvalue weighted by atomic mass is 10.0. The summed E-state index contributed by atoms with van der Waals surface area (Å²) < 4.78 is 0. The van der Waals surface area contributed by atoms with Crippen molar-refractivity contribution in [3.63, 3.8) is 0 Å². The average Bonchev–Trinajstić information content (AvgIpc) is 2.68. The SMILES string of the molecule is CCCCCCCCC(Cl)CCCCCCCCC(=O)c1ccc(O)c(O)c1. The Labute approximate surface area is 176 Å². The third-order valence-electron chi connectivity index (χ3n) is 5.34. The van der Waals surface area contributed by atoms with Crippen molar-refractivity contribution in [3.8, 4) is 11.5 Å². The Hall–Kier alpha value is -1.22. The van der Waals surface area contributed by atoms with E-state index < -0.39 is 0 Å². The van der Waals surface area contributed by atoms with Gasteiger partial charge in [-0.25, -0.2) is 0 Å². The molecule has 1 atom stereocenters. The Morgan fingerprint density at radius 3 is 1.93 bits per heavy atom. The fraction of sp³-hybridized carbons (Fsp3) is 0.708. The first kappa shape index (κ1) is 24.8. The largest absolute Gasteiger partial charge is 0.504 e. The fourth-order valence-corrected chi connectivity index (χ4v) is 3.80. The molecule has 0 fully saturated rings. The van der Waals surface area contributed by atoms with Gasteiger partial charge in [0.05, 0.1) is 0 Å². The number of carbonyl (C=O) groups is 1. The predicted molar refractivity (Wildman–Crippen MR) is 119 cm³/mol. The van der Waals surface area contributed by atoms with Gasteiger partial charge in [0.15, 0.2) is 17.3 Å². The number of phenols is 2. The highest BCUT2D eigenvalue weighted by atomic mass is 35.5. The molecule has 2 N–H and O–H groups in total. The minimum Gasteiger partial charge on any atom is -0.504 e. The summed E-state index contributed by atoms with van der Waals surface area (Å²) in [4.78, 5) is 12.1. The van der Waals surface area contributed by atoms with Crippen LogP contribution < -0.4 is 0 Å². The highest BCUT2D eigenvalue weighted by molar-refractivity contribution is 6.20. The molecule has 0 bridgehead atoms. The number of halogens is 1. The van der Waals surface area contributed by atoms with Crippen LogP contribution in [0.2, 0.25) is 0 Å². The van der Waals surface area contributed by atoms with Crippen LogP contribution in [0.5, 0.6) is 11.5 Å². The van der Waals surface area contributed by atoms with Crippen LogP contribution in [-0.2, 0) is 0 Å². The molecule has 1 aromatic carbocycles. The van der Waals surface area contributed by atoms with Gasteiger partial charge in [-0.1, -0.05) is 77.6 Å². The monoisotopic (exact) mass is 410 g/mol. The molecule has 0 heterocycles. The summed E-state index contributed by atoms with van der Waals surface area (Å²) in [6, 6.07) is 4.26. The van der Waals surface area contributed by atoms with E-state index >= 15 is 0 Å². The Balaban J connectivity index is 1.94. The number of hydrogen-bond acceptors (Lipinski definition) is 3. The van der Waals surface area contributed by atoms with Crippen LogP contribution >= 0.6 is 11.6 Å². The van der Waals surface area contributed by atoms with Crippen LogP contribution in [0.4, 0.5) is 0 Å². The summed E-state index contributed by atoms with van der Waals surface area (Å²) in [6.45, 7) is 2.25. The molecule has 1 aromatic rings. The van der Waals surface area contributed by atoms with Crippen molar-refractivity contribution in [2.75, 3.05) is 0 Å². The molecular formula is C24H39ClO3. The van der Waals surface area contributed by atoms with E-state index in [1.54, 1.807) is 6.07 Å². The number of unbranched alkanes of at least 4 members (excludes halogenated alkanes) is 10. The Kier molecular flexibility index (Phi) is 13.9. The minimum absolute atomic E-state index is 0.0231. The second-order valence-electron chi connectivity index (χ2n) is 7.94. The molecule has 4 heteroatoms. The predicted octanol–water partition coefficient (Wildman–Crippen LogP) is 7.76. The highest BCUT2D eigenvalue weighted by Crippen LogP contribution is 2.26. The first-order chi connectivity index (χ1) is 13.5. The third kappa shape index (κ3) is 11.6. The van der Waals surface area contributed by atoms with E-state index in [1.165, 1.54) is 69.9 Å². The number of rotatable bonds is 17. The van der Waals surface area contributed by atoms with E-state index in [-0.39, 0.29) is 17.3 Å². The van der Waals surface area contributed by atoms with Crippen LogP contribution in [0.1, 0.15) is 114 Å². The van der Waals surface area contributed by atoms with Gasteiger partial charge in [-0.05, 0) is 37.5 Å². The first-order valence-electron chi connectivity index (χ1n) is 11.2. The zero-order valence-electron chi connectivity index (χ0n) is 17.6. The maximum Gasteiger partial charge on any atom is 0.163 e. The lowest BCUT2D eigenvalue weighted by molar-refractivity contribution is 0.0978. The molecule has 160 valence electrons. The number of ketones is 1. The molecule has 28 heavy (non-hydrogen) atoms. The molecule has 0 spiro atoms. The summed E-state index contributed by atoms with van der Waals surface area (Å²) in [5, 5.41) is 19.1. The Morgan fingerprint density at radius 1 is 0.821 bits per heavy atom. The van der Waals surface area contributed by atoms with E-state index in [2.05, 4.69) is 6.92 Å².